The number of amides is 5. The van der Waals surface area contributed by atoms with Gasteiger partial charge in [0.1, 0.15) is 23.9 Å². The second kappa shape index (κ2) is 23.4. The van der Waals surface area contributed by atoms with Crippen LogP contribution in [0.3, 0.4) is 0 Å². The average molecular weight is 783 g/mol. The number of fused-ring (bicyclic) bond motifs is 5. The summed E-state index contributed by atoms with van der Waals surface area (Å²) in [4.78, 5) is 67.3. The standard InChI is InChI=1S/C39H62N10O7/c1-23-9-10-24-16-26(23)18-32(36(53)47-22-33(44-6)37(54)45-15-13-29(42-4)35(52)46-21-28(50)20-41-3)49-38(55)30(8-7-14-40-2)48-39(56)31(43-5)19-27-17-25(24)11-12-34(27)51/h9-12,16-17,28-33,40-44,50-51H,7-8,13-15,18-22H2,1-6H3,(H,45,54)(H,46,52)(H,47,53)(H,48,56)(H,49,55)/t28?,29-,30-,31-,32-,33-/m0/s1. The number of aromatic hydroxyl groups is 1. The Hall–Kier alpha value is -4.65. The van der Waals surface area contributed by atoms with E-state index in [0.717, 1.165) is 22.3 Å². The van der Waals surface area contributed by atoms with Crippen LogP contribution in [0.5, 0.6) is 5.75 Å². The Bertz CT molecular complexity index is 1630. The molecule has 0 spiro atoms. The Morgan fingerprint density at radius 2 is 1.45 bits per heavy atom. The Morgan fingerprint density at radius 3 is 2.11 bits per heavy atom. The number of nitrogens with one attached hydrogen (secondary N) is 10. The monoisotopic (exact) mass is 782 g/mol. The first kappa shape index (κ1) is 45.7. The molecular formula is C39H62N10O7. The average Bonchev–Trinajstić information content (AvgIpc) is 3.18. The number of benzene rings is 2. The van der Waals surface area contributed by atoms with Gasteiger partial charge in [0.2, 0.25) is 29.5 Å². The van der Waals surface area contributed by atoms with Gasteiger partial charge in [-0.3, -0.25) is 24.0 Å². The molecular weight excluding hydrogens is 720 g/mol. The topological polar surface area (TPSA) is 246 Å². The fraction of sp³-hybridized carbons (Fsp3) is 0.564. The van der Waals surface area contributed by atoms with Crippen LogP contribution in [-0.4, -0.2) is 144 Å². The molecule has 6 atom stereocenters. The molecule has 1 aliphatic rings. The molecule has 17 nitrogen and oxygen atoms in total. The van der Waals surface area contributed by atoms with Crippen molar-refractivity contribution in [3.63, 3.8) is 0 Å². The molecule has 0 saturated heterocycles. The highest BCUT2D eigenvalue weighted by molar-refractivity contribution is 5.93. The molecule has 1 heterocycles. The summed E-state index contributed by atoms with van der Waals surface area (Å²) < 4.78 is 0. The Labute approximate surface area is 329 Å². The van der Waals surface area contributed by atoms with Gasteiger partial charge in [0.25, 0.3) is 0 Å². The Kier molecular flexibility index (Phi) is 19.1. The van der Waals surface area contributed by atoms with Crippen LogP contribution in [0.25, 0.3) is 11.1 Å². The van der Waals surface area contributed by atoms with Crippen molar-refractivity contribution in [2.24, 2.45) is 0 Å². The molecule has 3 rings (SSSR count). The zero-order valence-corrected chi connectivity index (χ0v) is 33.4. The van der Waals surface area contributed by atoms with Crippen LogP contribution in [0.4, 0.5) is 0 Å². The smallest absolute Gasteiger partial charge is 0.243 e. The van der Waals surface area contributed by atoms with Crippen LogP contribution < -0.4 is 53.2 Å². The minimum atomic E-state index is -1.07. The number of hydrogen-bond donors (Lipinski definition) is 12. The maximum absolute atomic E-state index is 14.0. The molecule has 1 unspecified atom stereocenters. The van der Waals surface area contributed by atoms with E-state index in [0.29, 0.717) is 31.5 Å². The van der Waals surface area contributed by atoms with Crippen molar-refractivity contribution in [3.05, 3.63) is 53.1 Å². The summed E-state index contributed by atoms with van der Waals surface area (Å²) in [5, 5.41) is 49.4. The fourth-order valence-corrected chi connectivity index (χ4v) is 6.44. The van der Waals surface area contributed by atoms with Crippen molar-refractivity contribution < 1.29 is 34.2 Å². The molecule has 17 heteroatoms. The van der Waals surface area contributed by atoms with Gasteiger partial charge in [-0.25, -0.2) is 0 Å². The second-order valence-corrected chi connectivity index (χ2v) is 14.1. The van der Waals surface area contributed by atoms with E-state index < -0.39 is 59.9 Å². The molecule has 0 fully saturated rings. The SMILES string of the molecule is CNCCC[C@@H]1NC(=O)[C@@H](NC)Cc2cc(ccc2O)-c2ccc(C)c(c2)C[C@@H](C(=O)NC[C@H](NC)C(=O)NCC[C@H](NC)C(=O)NCC(O)CNC)NC1=O. The van der Waals surface area contributed by atoms with Crippen LogP contribution in [0.1, 0.15) is 36.0 Å². The molecule has 2 aromatic carbocycles. The zero-order chi connectivity index (χ0) is 41.2. The highest BCUT2D eigenvalue weighted by atomic mass is 16.3. The van der Waals surface area contributed by atoms with Crippen LogP contribution in [0.2, 0.25) is 0 Å². The van der Waals surface area contributed by atoms with E-state index in [1.165, 1.54) is 0 Å². The van der Waals surface area contributed by atoms with Gasteiger partial charge >= 0.3 is 0 Å². The molecule has 2 aromatic rings. The molecule has 12 N–H and O–H groups in total. The summed E-state index contributed by atoms with van der Waals surface area (Å²) in [6.07, 6.45) is 0.699. The lowest BCUT2D eigenvalue weighted by Gasteiger charge is -2.26. The molecule has 5 amide bonds. The lowest BCUT2D eigenvalue weighted by atomic mass is 9.93. The first-order valence-electron chi connectivity index (χ1n) is 19.2. The molecule has 4 bridgehead atoms. The van der Waals surface area contributed by atoms with Crippen molar-refractivity contribution in [2.45, 2.75) is 75.3 Å². The number of hydrogen-bond acceptors (Lipinski definition) is 12. The third kappa shape index (κ3) is 13.8. The molecule has 310 valence electrons. The summed E-state index contributed by atoms with van der Waals surface area (Å²) in [7, 11) is 8.35. The number of likely N-dealkylation sites (N-methyl/N-ethyl adjacent to an activating group) is 4. The quantitative estimate of drug-likeness (QED) is 0.0663. The molecule has 0 saturated carbocycles. The maximum Gasteiger partial charge on any atom is 0.243 e. The largest absolute Gasteiger partial charge is 0.508 e. The molecule has 0 aliphatic carbocycles. The van der Waals surface area contributed by atoms with Gasteiger partial charge in [-0.15, -0.1) is 0 Å². The minimum Gasteiger partial charge on any atom is -0.508 e. The predicted octanol–water partition coefficient (Wildman–Crippen LogP) is -2.48. The maximum atomic E-state index is 14.0. The number of carbonyl (C=O) groups is 5. The number of carbonyl (C=O) groups excluding carboxylic acids is 5. The van der Waals surface area contributed by atoms with Crippen molar-refractivity contribution in [1.82, 2.24) is 53.2 Å². The van der Waals surface area contributed by atoms with E-state index in [1.54, 1.807) is 47.4 Å². The zero-order valence-electron chi connectivity index (χ0n) is 33.4. The molecule has 0 radical (unpaired) electrons. The first-order valence-corrected chi connectivity index (χ1v) is 19.2. The fourth-order valence-electron chi connectivity index (χ4n) is 6.44. The van der Waals surface area contributed by atoms with E-state index in [4.69, 9.17) is 0 Å². The lowest BCUT2D eigenvalue weighted by Crippen LogP contribution is -2.58. The summed E-state index contributed by atoms with van der Waals surface area (Å²) in [5.41, 5.74) is 3.91. The summed E-state index contributed by atoms with van der Waals surface area (Å²) in [6, 6.07) is 6.82. The van der Waals surface area contributed by atoms with Gasteiger partial charge in [-0.1, -0.05) is 24.3 Å². The van der Waals surface area contributed by atoms with E-state index in [9.17, 15) is 34.2 Å². The summed E-state index contributed by atoms with van der Waals surface area (Å²) >= 11 is 0. The van der Waals surface area contributed by atoms with E-state index in [2.05, 4.69) is 53.2 Å². The normalized spacial score (nSPS) is 18.9. The van der Waals surface area contributed by atoms with Gasteiger partial charge in [0, 0.05) is 39.0 Å². The van der Waals surface area contributed by atoms with Crippen molar-refractivity contribution in [3.8, 4) is 16.9 Å². The highest BCUT2D eigenvalue weighted by Crippen LogP contribution is 2.29. The molecule has 56 heavy (non-hydrogen) atoms. The number of phenols is 1. The summed E-state index contributed by atoms with van der Waals surface area (Å²) in [5.74, 6) is -2.14. The highest BCUT2D eigenvalue weighted by Gasteiger charge is 2.31. The van der Waals surface area contributed by atoms with Crippen molar-refractivity contribution in [1.29, 1.82) is 0 Å². The van der Waals surface area contributed by atoms with Gasteiger partial charge in [-0.05, 0) is 108 Å². The number of rotatable bonds is 19. The second-order valence-electron chi connectivity index (χ2n) is 14.1. The van der Waals surface area contributed by atoms with Gasteiger partial charge in [0.05, 0.1) is 18.2 Å². The lowest BCUT2D eigenvalue weighted by molar-refractivity contribution is -0.132. The first-order chi connectivity index (χ1) is 26.8. The Balaban J connectivity index is 1.82. The molecule has 1 aliphatic heterocycles. The number of aliphatic hydroxyl groups is 1. The van der Waals surface area contributed by atoms with E-state index in [1.807, 2.05) is 31.2 Å². The number of aliphatic hydroxyl groups excluding tert-OH is 1. The van der Waals surface area contributed by atoms with Crippen LogP contribution in [0.15, 0.2) is 36.4 Å². The predicted molar refractivity (Wildman–Crippen MR) is 215 cm³/mol. The van der Waals surface area contributed by atoms with Crippen LogP contribution in [-0.2, 0) is 36.8 Å². The minimum absolute atomic E-state index is 0.0504. The van der Waals surface area contributed by atoms with Crippen LogP contribution >= 0.6 is 0 Å². The third-order valence-corrected chi connectivity index (χ3v) is 9.95. The van der Waals surface area contributed by atoms with E-state index >= 15 is 0 Å². The summed E-state index contributed by atoms with van der Waals surface area (Å²) in [6.45, 7) is 2.99. The van der Waals surface area contributed by atoms with Crippen molar-refractivity contribution >= 4 is 29.5 Å². The number of phenolic OH excluding ortho intramolecular Hbond substituents is 1. The van der Waals surface area contributed by atoms with Gasteiger partial charge in [0.15, 0.2) is 0 Å². The third-order valence-electron chi connectivity index (χ3n) is 9.95. The molecule has 0 aromatic heterocycles. The van der Waals surface area contributed by atoms with Crippen molar-refractivity contribution in [2.75, 3.05) is 68.0 Å². The van der Waals surface area contributed by atoms with Gasteiger partial charge in [-0.2, -0.15) is 0 Å². The Morgan fingerprint density at radius 1 is 0.768 bits per heavy atom. The van der Waals surface area contributed by atoms with Gasteiger partial charge < -0.3 is 63.4 Å². The van der Waals surface area contributed by atoms with E-state index in [-0.39, 0.29) is 50.6 Å². The van der Waals surface area contributed by atoms with Crippen LogP contribution in [0, 0.1) is 6.92 Å². The number of aryl methyl sites for hydroxylation is 1.